The Balaban J connectivity index is 2.17. The van der Waals surface area contributed by atoms with Crippen molar-refractivity contribution in [1.82, 2.24) is 15.2 Å². The Labute approximate surface area is 102 Å². The lowest BCUT2D eigenvalue weighted by Crippen LogP contribution is -2.55. The van der Waals surface area contributed by atoms with Gasteiger partial charge in [0.1, 0.15) is 0 Å². The summed E-state index contributed by atoms with van der Waals surface area (Å²) < 4.78 is 0. The molecule has 1 aromatic rings. The molecule has 4 nitrogen and oxygen atoms in total. The van der Waals surface area contributed by atoms with E-state index in [4.69, 9.17) is 0 Å². The summed E-state index contributed by atoms with van der Waals surface area (Å²) in [6.45, 7) is 7.61. The molecule has 2 atom stereocenters. The van der Waals surface area contributed by atoms with E-state index in [0.29, 0.717) is 17.6 Å². The minimum atomic E-state index is 0.0933. The third-order valence-electron chi connectivity index (χ3n) is 3.08. The van der Waals surface area contributed by atoms with Crippen molar-refractivity contribution in [1.29, 1.82) is 0 Å². The predicted octanol–water partition coefficient (Wildman–Crippen LogP) is 1.21. The number of piperazine rings is 1. The normalized spacial score (nSPS) is 24.8. The fourth-order valence-electron chi connectivity index (χ4n) is 2.37. The van der Waals surface area contributed by atoms with Gasteiger partial charge in [-0.15, -0.1) is 0 Å². The van der Waals surface area contributed by atoms with Gasteiger partial charge in [0, 0.05) is 37.1 Å². The summed E-state index contributed by atoms with van der Waals surface area (Å²) in [6, 6.07) is 4.36. The Bertz CT molecular complexity index is 409. The lowest BCUT2D eigenvalue weighted by molar-refractivity contribution is 0.0672. The summed E-state index contributed by atoms with van der Waals surface area (Å²) in [5.74, 6) is 0.0933. The van der Waals surface area contributed by atoms with Crippen LogP contribution in [0.2, 0.25) is 0 Å². The van der Waals surface area contributed by atoms with E-state index in [2.05, 4.69) is 24.1 Å². The molecule has 0 radical (unpaired) electrons. The van der Waals surface area contributed by atoms with E-state index >= 15 is 0 Å². The van der Waals surface area contributed by atoms with Gasteiger partial charge in [0.15, 0.2) is 0 Å². The minimum Gasteiger partial charge on any atom is -0.335 e. The molecule has 0 unspecified atom stereocenters. The number of nitrogens with zero attached hydrogens (tertiary/aromatic N) is 2. The monoisotopic (exact) mass is 233 g/mol. The second kappa shape index (κ2) is 4.84. The van der Waals surface area contributed by atoms with Crippen LogP contribution in [0.5, 0.6) is 0 Å². The van der Waals surface area contributed by atoms with Crippen LogP contribution in [0, 0.1) is 6.92 Å². The van der Waals surface area contributed by atoms with Crippen molar-refractivity contribution in [2.45, 2.75) is 32.9 Å². The molecule has 0 aliphatic carbocycles. The van der Waals surface area contributed by atoms with Gasteiger partial charge >= 0.3 is 0 Å². The molecule has 2 heterocycles. The number of amides is 1. The first kappa shape index (κ1) is 12.0. The van der Waals surface area contributed by atoms with Gasteiger partial charge in [0.2, 0.25) is 0 Å². The highest BCUT2D eigenvalue weighted by Gasteiger charge is 2.26. The smallest absolute Gasteiger partial charge is 0.255 e. The molecule has 1 aliphatic heterocycles. The first-order valence-electron chi connectivity index (χ1n) is 6.05. The van der Waals surface area contributed by atoms with E-state index in [1.54, 1.807) is 6.20 Å². The van der Waals surface area contributed by atoms with E-state index in [1.807, 2.05) is 24.0 Å². The van der Waals surface area contributed by atoms with Crippen LogP contribution in [-0.4, -0.2) is 41.0 Å². The second-order valence-electron chi connectivity index (χ2n) is 4.82. The van der Waals surface area contributed by atoms with Crippen molar-refractivity contribution in [2.75, 3.05) is 13.1 Å². The first-order chi connectivity index (χ1) is 8.08. The van der Waals surface area contributed by atoms with Crippen molar-refractivity contribution in [3.8, 4) is 0 Å². The van der Waals surface area contributed by atoms with Gasteiger partial charge in [0.05, 0.1) is 5.56 Å². The number of pyridine rings is 1. The summed E-state index contributed by atoms with van der Waals surface area (Å²) in [6.07, 6.45) is 1.72. The quantitative estimate of drug-likeness (QED) is 0.793. The number of hydrogen-bond acceptors (Lipinski definition) is 3. The molecule has 1 aliphatic rings. The molecule has 1 N–H and O–H groups in total. The Morgan fingerprint density at radius 1 is 1.41 bits per heavy atom. The van der Waals surface area contributed by atoms with Crippen LogP contribution in [0.3, 0.4) is 0 Å². The number of aromatic nitrogens is 1. The number of carbonyl (C=O) groups is 1. The summed E-state index contributed by atoms with van der Waals surface area (Å²) in [5, 5.41) is 3.42. The largest absolute Gasteiger partial charge is 0.335 e. The van der Waals surface area contributed by atoms with Crippen molar-refractivity contribution < 1.29 is 4.79 Å². The topological polar surface area (TPSA) is 45.2 Å². The van der Waals surface area contributed by atoms with E-state index in [9.17, 15) is 4.79 Å². The van der Waals surface area contributed by atoms with E-state index in [1.165, 1.54) is 0 Å². The molecule has 2 rings (SSSR count). The van der Waals surface area contributed by atoms with Crippen molar-refractivity contribution in [3.05, 3.63) is 29.6 Å². The van der Waals surface area contributed by atoms with E-state index < -0.39 is 0 Å². The minimum absolute atomic E-state index is 0.0933. The second-order valence-corrected chi connectivity index (χ2v) is 4.82. The summed E-state index contributed by atoms with van der Waals surface area (Å²) in [4.78, 5) is 18.5. The van der Waals surface area contributed by atoms with Crippen LogP contribution in [-0.2, 0) is 0 Å². The molecule has 92 valence electrons. The molecular formula is C13H19N3O. The highest BCUT2D eigenvalue weighted by Crippen LogP contribution is 2.12. The molecular weight excluding hydrogens is 214 g/mol. The van der Waals surface area contributed by atoms with Crippen LogP contribution < -0.4 is 5.32 Å². The van der Waals surface area contributed by atoms with Crippen molar-refractivity contribution >= 4 is 5.91 Å². The Kier molecular flexibility index (Phi) is 3.43. The van der Waals surface area contributed by atoms with Crippen LogP contribution in [0.25, 0.3) is 0 Å². The fourth-order valence-corrected chi connectivity index (χ4v) is 2.37. The molecule has 1 aromatic heterocycles. The number of aryl methyl sites for hydroxylation is 1. The lowest BCUT2D eigenvalue weighted by atomic mass is 10.1. The van der Waals surface area contributed by atoms with Gasteiger partial charge in [-0.05, 0) is 32.9 Å². The zero-order chi connectivity index (χ0) is 12.4. The molecule has 1 fully saturated rings. The SMILES string of the molecule is Cc1ncccc1C(=O)N1C[C@@H](C)N[C@@H](C)C1. The first-order valence-corrected chi connectivity index (χ1v) is 6.05. The third-order valence-corrected chi connectivity index (χ3v) is 3.08. The molecule has 1 saturated heterocycles. The molecule has 17 heavy (non-hydrogen) atoms. The number of nitrogens with one attached hydrogen (secondary N) is 1. The van der Waals surface area contributed by atoms with Gasteiger partial charge in [0.25, 0.3) is 5.91 Å². The highest BCUT2D eigenvalue weighted by atomic mass is 16.2. The van der Waals surface area contributed by atoms with Crippen LogP contribution >= 0.6 is 0 Å². The Hall–Kier alpha value is -1.42. The molecule has 0 saturated carbocycles. The molecule has 0 spiro atoms. The molecule has 0 bridgehead atoms. The maximum atomic E-state index is 12.4. The van der Waals surface area contributed by atoms with Gasteiger partial charge in [-0.1, -0.05) is 0 Å². The standard InChI is InChI=1S/C13H19N3O/c1-9-7-16(8-10(2)15-9)13(17)12-5-4-6-14-11(12)3/h4-6,9-10,15H,7-8H2,1-3H3/t9-,10+. The number of rotatable bonds is 1. The predicted molar refractivity (Wildman–Crippen MR) is 66.9 cm³/mol. The zero-order valence-electron chi connectivity index (χ0n) is 10.6. The van der Waals surface area contributed by atoms with Gasteiger partial charge in [-0.3, -0.25) is 9.78 Å². The highest BCUT2D eigenvalue weighted by molar-refractivity contribution is 5.95. The van der Waals surface area contributed by atoms with Crippen LogP contribution in [0.4, 0.5) is 0 Å². The summed E-state index contributed by atoms with van der Waals surface area (Å²) in [7, 11) is 0. The maximum Gasteiger partial charge on any atom is 0.255 e. The Morgan fingerprint density at radius 2 is 2.06 bits per heavy atom. The molecule has 0 aromatic carbocycles. The zero-order valence-corrected chi connectivity index (χ0v) is 10.6. The van der Waals surface area contributed by atoms with Gasteiger partial charge < -0.3 is 10.2 Å². The van der Waals surface area contributed by atoms with Crippen molar-refractivity contribution in [3.63, 3.8) is 0 Å². The third kappa shape index (κ3) is 2.64. The average molecular weight is 233 g/mol. The lowest BCUT2D eigenvalue weighted by Gasteiger charge is -2.36. The van der Waals surface area contributed by atoms with E-state index in [-0.39, 0.29) is 5.91 Å². The maximum absolute atomic E-state index is 12.4. The average Bonchev–Trinajstić information content (AvgIpc) is 2.27. The van der Waals surface area contributed by atoms with Crippen LogP contribution in [0.1, 0.15) is 29.9 Å². The van der Waals surface area contributed by atoms with Gasteiger partial charge in [-0.2, -0.15) is 0 Å². The summed E-state index contributed by atoms with van der Waals surface area (Å²) in [5.41, 5.74) is 1.52. The summed E-state index contributed by atoms with van der Waals surface area (Å²) >= 11 is 0. The van der Waals surface area contributed by atoms with Crippen LogP contribution in [0.15, 0.2) is 18.3 Å². The Morgan fingerprint density at radius 3 is 2.65 bits per heavy atom. The molecule has 1 amide bonds. The van der Waals surface area contributed by atoms with Crippen molar-refractivity contribution in [2.24, 2.45) is 0 Å². The van der Waals surface area contributed by atoms with E-state index in [0.717, 1.165) is 18.8 Å². The fraction of sp³-hybridized carbons (Fsp3) is 0.538. The van der Waals surface area contributed by atoms with Gasteiger partial charge in [-0.25, -0.2) is 0 Å². The molecule has 4 heteroatoms. The number of hydrogen-bond donors (Lipinski definition) is 1. The number of carbonyl (C=O) groups excluding carboxylic acids is 1.